The summed E-state index contributed by atoms with van der Waals surface area (Å²) in [5.41, 5.74) is 0.995. The highest BCUT2D eigenvalue weighted by molar-refractivity contribution is 5.96. The smallest absolute Gasteiger partial charge is 0.293 e. The van der Waals surface area contributed by atoms with Gasteiger partial charge in [0.25, 0.3) is 11.6 Å². The van der Waals surface area contributed by atoms with Crippen LogP contribution in [0.15, 0.2) is 36.4 Å². The van der Waals surface area contributed by atoms with Crippen molar-refractivity contribution in [3.63, 3.8) is 0 Å². The molecule has 3 rings (SSSR count). The Morgan fingerprint density at radius 2 is 2.04 bits per heavy atom. The van der Waals surface area contributed by atoms with Gasteiger partial charge in [0.1, 0.15) is 5.69 Å². The molecular formula is C19H20FN3O4. The SMILES string of the molecule is COc1ccc([C@@H](C)NC(=O)c2ccc(NC3CC3)c([N+](=O)[O-])c2)cc1F. The predicted octanol–water partition coefficient (Wildman–Crippen LogP) is 3.81. The van der Waals surface area contributed by atoms with Crippen molar-refractivity contribution < 1.29 is 18.8 Å². The van der Waals surface area contributed by atoms with Crippen LogP contribution < -0.4 is 15.4 Å². The second-order valence-corrected chi connectivity index (χ2v) is 6.50. The molecule has 1 amide bonds. The maximum absolute atomic E-state index is 13.8. The summed E-state index contributed by atoms with van der Waals surface area (Å²) in [5.74, 6) is -0.881. The Morgan fingerprint density at radius 1 is 1.30 bits per heavy atom. The fourth-order valence-electron chi connectivity index (χ4n) is 2.71. The standard InChI is InChI=1S/C19H20FN3O4/c1-11(12-4-8-18(27-2)15(20)9-12)21-19(24)13-3-7-16(22-14-5-6-14)17(10-13)23(25)26/h3-4,7-11,14,22H,5-6H2,1-2H3,(H,21,24)/t11-/m1/s1. The number of rotatable bonds is 7. The predicted molar refractivity (Wildman–Crippen MR) is 98.6 cm³/mol. The Morgan fingerprint density at radius 3 is 2.63 bits per heavy atom. The van der Waals surface area contributed by atoms with Gasteiger partial charge in [0, 0.05) is 17.7 Å². The van der Waals surface area contributed by atoms with Gasteiger partial charge < -0.3 is 15.4 Å². The maximum atomic E-state index is 13.8. The summed E-state index contributed by atoms with van der Waals surface area (Å²) >= 11 is 0. The van der Waals surface area contributed by atoms with Gasteiger partial charge in [0.2, 0.25) is 0 Å². The van der Waals surface area contributed by atoms with Gasteiger partial charge >= 0.3 is 0 Å². The number of nitrogens with zero attached hydrogens (tertiary/aromatic N) is 1. The topological polar surface area (TPSA) is 93.5 Å². The number of ether oxygens (including phenoxy) is 1. The number of amides is 1. The van der Waals surface area contributed by atoms with Gasteiger partial charge in [-0.2, -0.15) is 0 Å². The normalized spacial score (nSPS) is 14.3. The van der Waals surface area contributed by atoms with E-state index in [0.717, 1.165) is 12.8 Å². The van der Waals surface area contributed by atoms with E-state index in [-0.39, 0.29) is 23.0 Å². The molecule has 1 fully saturated rings. The van der Waals surface area contributed by atoms with Crippen molar-refractivity contribution >= 4 is 17.3 Å². The second kappa shape index (κ2) is 7.61. The van der Waals surface area contributed by atoms with E-state index in [1.807, 2.05) is 0 Å². The molecule has 8 heteroatoms. The number of carbonyl (C=O) groups excluding carboxylic acids is 1. The summed E-state index contributed by atoms with van der Waals surface area (Å²) in [5, 5.41) is 17.1. The zero-order valence-electron chi connectivity index (χ0n) is 15.0. The molecule has 0 heterocycles. The largest absolute Gasteiger partial charge is 0.494 e. The Hall–Kier alpha value is -3.16. The molecule has 1 atom stereocenters. The van der Waals surface area contributed by atoms with Gasteiger partial charge in [-0.1, -0.05) is 6.07 Å². The van der Waals surface area contributed by atoms with Crippen molar-refractivity contribution in [2.75, 3.05) is 12.4 Å². The molecule has 0 bridgehead atoms. The summed E-state index contributed by atoms with van der Waals surface area (Å²) < 4.78 is 18.7. The third-order valence-corrected chi connectivity index (χ3v) is 4.42. The number of nitro benzene ring substituents is 1. The van der Waals surface area contributed by atoms with E-state index >= 15 is 0 Å². The molecule has 0 aliphatic heterocycles. The van der Waals surface area contributed by atoms with Crippen LogP contribution in [0.1, 0.15) is 41.7 Å². The van der Waals surface area contributed by atoms with Crippen LogP contribution >= 0.6 is 0 Å². The zero-order valence-corrected chi connectivity index (χ0v) is 15.0. The van der Waals surface area contributed by atoms with E-state index in [1.54, 1.807) is 19.1 Å². The fourth-order valence-corrected chi connectivity index (χ4v) is 2.71. The molecular weight excluding hydrogens is 353 g/mol. The molecule has 2 aromatic carbocycles. The number of hydrogen-bond acceptors (Lipinski definition) is 5. The lowest BCUT2D eigenvalue weighted by Gasteiger charge is -2.15. The minimum absolute atomic E-state index is 0.117. The Balaban J connectivity index is 1.75. The van der Waals surface area contributed by atoms with Crippen LogP contribution in [0.4, 0.5) is 15.8 Å². The van der Waals surface area contributed by atoms with Crippen molar-refractivity contribution in [2.45, 2.75) is 31.8 Å². The van der Waals surface area contributed by atoms with Crippen molar-refractivity contribution in [1.82, 2.24) is 5.32 Å². The van der Waals surface area contributed by atoms with Crippen molar-refractivity contribution in [3.05, 3.63) is 63.5 Å². The quantitative estimate of drug-likeness (QED) is 0.569. The number of halogens is 1. The lowest BCUT2D eigenvalue weighted by molar-refractivity contribution is -0.384. The Kier molecular flexibility index (Phi) is 5.25. The second-order valence-electron chi connectivity index (χ2n) is 6.50. The van der Waals surface area contributed by atoms with Crippen LogP contribution in [0.5, 0.6) is 5.75 Å². The Labute approximate surface area is 155 Å². The molecule has 1 aliphatic rings. The number of anilines is 1. The van der Waals surface area contributed by atoms with Gasteiger partial charge in [0.15, 0.2) is 11.6 Å². The molecule has 1 aliphatic carbocycles. The summed E-state index contributed by atoms with van der Waals surface area (Å²) in [6.07, 6.45) is 1.96. The van der Waals surface area contributed by atoms with Crippen LogP contribution in [0.2, 0.25) is 0 Å². The average molecular weight is 373 g/mol. The first-order valence-corrected chi connectivity index (χ1v) is 8.58. The first kappa shape index (κ1) is 18.6. The summed E-state index contributed by atoms with van der Waals surface area (Å²) in [6, 6.07) is 8.52. The molecule has 2 aromatic rings. The Bertz CT molecular complexity index is 883. The molecule has 0 saturated heterocycles. The molecule has 7 nitrogen and oxygen atoms in total. The van der Waals surface area contributed by atoms with Crippen LogP contribution in [-0.4, -0.2) is 24.0 Å². The molecule has 27 heavy (non-hydrogen) atoms. The van der Waals surface area contributed by atoms with Gasteiger partial charge in [-0.3, -0.25) is 14.9 Å². The minimum Gasteiger partial charge on any atom is -0.494 e. The monoisotopic (exact) mass is 373 g/mol. The molecule has 0 unspecified atom stereocenters. The van der Waals surface area contributed by atoms with E-state index in [4.69, 9.17) is 4.74 Å². The van der Waals surface area contributed by atoms with Crippen LogP contribution in [0.25, 0.3) is 0 Å². The molecule has 0 spiro atoms. The third kappa shape index (κ3) is 4.33. The molecule has 142 valence electrons. The molecule has 0 aromatic heterocycles. The van der Waals surface area contributed by atoms with Crippen molar-refractivity contribution in [2.24, 2.45) is 0 Å². The van der Waals surface area contributed by atoms with E-state index in [0.29, 0.717) is 11.3 Å². The number of carbonyl (C=O) groups is 1. The number of nitrogens with one attached hydrogen (secondary N) is 2. The lowest BCUT2D eigenvalue weighted by Crippen LogP contribution is -2.26. The summed E-state index contributed by atoms with van der Waals surface area (Å²) in [4.78, 5) is 23.3. The van der Waals surface area contributed by atoms with Crippen molar-refractivity contribution in [1.29, 1.82) is 0 Å². The highest BCUT2D eigenvalue weighted by Crippen LogP contribution is 2.31. The third-order valence-electron chi connectivity index (χ3n) is 4.42. The van der Waals surface area contributed by atoms with E-state index in [1.165, 1.54) is 31.4 Å². The fraction of sp³-hybridized carbons (Fsp3) is 0.316. The molecule has 1 saturated carbocycles. The first-order chi connectivity index (χ1) is 12.9. The number of nitro groups is 1. The van der Waals surface area contributed by atoms with Gasteiger partial charge in [-0.15, -0.1) is 0 Å². The van der Waals surface area contributed by atoms with Crippen LogP contribution in [0.3, 0.4) is 0 Å². The van der Waals surface area contributed by atoms with Crippen LogP contribution in [0, 0.1) is 15.9 Å². The molecule has 0 radical (unpaired) electrons. The minimum atomic E-state index is -0.526. The van der Waals surface area contributed by atoms with Gasteiger partial charge in [-0.05, 0) is 49.6 Å². The van der Waals surface area contributed by atoms with E-state index in [9.17, 15) is 19.3 Å². The number of hydrogen-bond donors (Lipinski definition) is 2. The van der Waals surface area contributed by atoms with Gasteiger partial charge in [-0.25, -0.2) is 4.39 Å². The summed E-state index contributed by atoms with van der Waals surface area (Å²) in [7, 11) is 1.37. The van der Waals surface area contributed by atoms with Crippen molar-refractivity contribution in [3.8, 4) is 5.75 Å². The number of methoxy groups -OCH3 is 1. The van der Waals surface area contributed by atoms with E-state index < -0.39 is 22.7 Å². The van der Waals surface area contributed by atoms with Gasteiger partial charge in [0.05, 0.1) is 18.1 Å². The maximum Gasteiger partial charge on any atom is 0.293 e. The first-order valence-electron chi connectivity index (χ1n) is 8.58. The van der Waals surface area contributed by atoms with E-state index in [2.05, 4.69) is 10.6 Å². The summed E-state index contributed by atoms with van der Waals surface area (Å²) in [6.45, 7) is 1.70. The highest BCUT2D eigenvalue weighted by atomic mass is 19.1. The molecule has 2 N–H and O–H groups in total. The lowest BCUT2D eigenvalue weighted by atomic mass is 10.1. The number of benzene rings is 2. The highest BCUT2D eigenvalue weighted by Gasteiger charge is 2.26. The zero-order chi connectivity index (χ0) is 19.6. The van der Waals surface area contributed by atoms with Crippen LogP contribution in [-0.2, 0) is 0 Å². The average Bonchev–Trinajstić information content (AvgIpc) is 3.45.